The fraction of sp³-hybridized carbons (Fsp3) is 0.0909. The molecule has 28 heavy (non-hydrogen) atoms. The summed E-state index contributed by atoms with van der Waals surface area (Å²) in [6, 6.07) is 19.4. The maximum atomic E-state index is 12.7. The molecule has 0 aliphatic heterocycles. The van der Waals surface area contributed by atoms with Crippen LogP contribution in [0.25, 0.3) is 6.08 Å². The van der Waals surface area contributed by atoms with Crippen molar-refractivity contribution >= 4 is 17.9 Å². The Bertz CT molecular complexity index is 946. The summed E-state index contributed by atoms with van der Waals surface area (Å²) in [6.45, 7) is 0.219. The highest BCUT2D eigenvalue weighted by atomic mass is 16.5. The number of furan rings is 1. The van der Waals surface area contributed by atoms with Crippen LogP contribution < -0.4 is 15.4 Å². The topological polar surface area (TPSA) is 80.6 Å². The van der Waals surface area contributed by atoms with Crippen molar-refractivity contribution in [1.29, 1.82) is 0 Å². The highest BCUT2D eigenvalue weighted by Gasteiger charge is 2.15. The van der Waals surface area contributed by atoms with Crippen LogP contribution in [0.15, 0.2) is 83.1 Å². The van der Waals surface area contributed by atoms with Crippen molar-refractivity contribution in [2.75, 3.05) is 7.11 Å². The number of ether oxygens (including phenoxy) is 1. The number of carbonyl (C=O) groups is 2. The molecule has 1 heterocycles. The summed E-state index contributed by atoms with van der Waals surface area (Å²) in [5, 5.41) is 5.43. The minimum absolute atomic E-state index is 0.138. The maximum Gasteiger partial charge on any atom is 0.268 e. The van der Waals surface area contributed by atoms with Crippen LogP contribution in [0.5, 0.6) is 5.75 Å². The van der Waals surface area contributed by atoms with Gasteiger partial charge in [-0.2, -0.15) is 0 Å². The van der Waals surface area contributed by atoms with Gasteiger partial charge in [0, 0.05) is 5.56 Å². The van der Waals surface area contributed by atoms with Gasteiger partial charge < -0.3 is 19.8 Å². The number of hydrogen-bond acceptors (Lipinski definition) is 4. The standard InChI is InChI=1S/C22H20N2O4/c1-27-18-11-9-17(10-12-18)21(25)24-20(14-16-6-3-2-4-7-16)22(26)23-15-19-8-5-13-28-19/h2-14H,15H2,1H3,(H,23,26)(H,24,25). The Labute approximate surface area is 162 Å². The van der Waals surface area contributed by atoms with Gasteiger partial charge in [-0.3, -0.25) is 9.59 Å². The Balaban J connectivity index is 1.77. The van der Waals surface area contributed by atoms with E-state index in [4.69, 9.17) is 9.15 Å². The number of carbonyl (C=O) groups excluding carboxylic acids is 2. The molecule has 0 fully saturated rings. The third kappa shape index (κ3) is 5.11. The fourth-order valence-electron chi connectivity index (χ4n) is 2.49. The van der Waals surface area contributed by atoms with Crippen molar-refractivity contribution in [2.24, 2.45) is 0 Å². The van der Waals surface area contributed by atoms with Crippen molar-refractivity contribution in [3.05, 3.63) is 95.6 Å². The van der Waals surface area contributed by atoms with E-state index in [1.54, 1.807) is 49.6 Å². The lowest BCUT2D eigenvalue weighted by atomic mass is 10.1. The van der Waals surface area contributed by atoms with Gasteiger partial charge in [0.05, 0.1) is 19.9 Å². The first-order chi connectivity index (χ1) is 13.7. The van der Waals surface area contributed by atoms with Gasteiger partial charge in [0.25, 0.3) is 11.8 Å². The van der Waals surface area contributed by atoms with E-state index < -0.39 is 11.8 Å². The van der Waals surface area contributed by atoms with E-state index in [0.29, 0.717) is 17.1 Å². The molecule has 0 unspecified atom stereocenters. The molecule has 0 bridgehead atoms. The zero-order valence-corrected chi connectivity index (χ0v) is 15.3. The van der Waals surface area contributed by atoms with Crippen LogP contribution >= 0.6 is 0 Å². The van der Waals surface area contributed by atoms with E-state index in [2.05, 4.69) is 10.6 Å². The SMILES string of the molecule is COc1ccc(C(=O)NC(=Cc2ccccc2)C(=O)NCc2ccco2)cc1. The van der Waals surface area contributed by atoms with E-state index in [0.717, 1.165) is 5.56 Å². The smallest absolute Gasteiger partial charge is 0.268 e. The normalized spacial score (nSPS) is 11.0. The highest BCUT2D eigenvalue weighted by molar-refractivity contribution is 6.05. The van der Waals surface area contributed by atoms with Crippen molar-refractivity contribution < 1.29 is 18.7 Å². The van der Waals surface area contributed by atoms with E-state index >= 15 is 0 Å². The Morgan fingerprint density at radius 1 is 1.00 bits per heavy atom. The predicted octanol–water partition coefficient (Wildman–Crippen LogP) is 3.38. The van der Waals surface area contributed by atoms with Gasteiger partial charge in [0.15, 0.2) is 0 Å². The van der Waals surface area contributed by atoms with Crippen molar-refractivity contribution in [2.45, 2.75) is 6.54 Å². The van der Waals surface area contributed by atoms with Crippen molar-refractivity contribution in [3.63, 3.8) is 0 Å². The molecule has 6 heteroatoms. The molecule has 2 amide bonds. The van der Waals surface area contributed by atoms with Gasteiger partial charge in [-0.15, -0.1) is 0 Å². The predicted molar refractivity (Wildman–Crippen MR) is 105 cm³/mol. The number of amides is 2. The molecule has 0 atom stereocenters. The number of rotatable bonds is 7. The van der Waals surface area contributed by atoms with Crippen LogP contribution in [-0.2, 0) is 11.3 Å². The Morgan fingerprint density at radius 2 is 1.75 bits per heavy atom. The molecule has 142 valence electrons. The summed E-state index contributed by atoms with van der Waals surface area (Å²) in [4.78, 5) is 25.2. The van der Waals surface area contributed by atoms with Gasteiger partial charge >= 0.3 is 0 Å². The van der Waals surface area contributed by atoms with Gasteiger partial charge in [0.1, 0.15) is 17.2 Å². The zero-order chi connectivity index (χ0) is 19.8. The quantitative estimate of drug-likeness (QED) is 0.620. The largest absolute Gasteiger partial charge is 0.497 e. The Morgan fingerprint density at radius 3 is 2.39 bits per heavy atom. The third-order valence-corrected chi connectivity index (χ3v) is 3.96. The lowest BCUT2D eigenvalue weighted by Crippen LogP contribution is -2.34. The number of benzene rings is 2. The number of nitrogens with one attached hydrogen (secondary N) is 2. The molecule has 0 spiro atoms. The summed E-state index contributed by atoms with van der Waals surface area (Å²) in [7, 11) is 1.55. The summed E-state index contributed by atoms with van der Waals surface area (Å²) in [6.07, 6.45) is 3.16. The minimum Gasteiger partial charge on any atom is -0.497 e. The van der Waals surface area contributed by atoms with Crippen LogP contribution in [0.1, 0.15) is 21.7 Å². The second-order valence-electron chi connectivity index (χ2n) is 5.91. The van der Waals surface area contributed by atoms with E-state index in [1.807, 2.05) is 30.3 Å². The van der Waals surface area contributed by atoms with E-state index in [9.17, 15) is 9.59 Å². The summed E-state index contributed by atoms with van der Waals surface area (Å²) < 4.78 is 10.3. The molecular weight excluding hydrogens is 356 g/mol. The first kappa shape index (κ1) is 19.0. The van der Waals surface area contributed by atoms with Crippen LogP contribution in [0, 0.1) is 0 Å². The summed E-state index contributed by atoms with van der Waals surface area (Å²) >= 11 is 0. The van der Waals surface area contributed by atoms with Crippen molar-refractivity contribution in [1.82, 2.24) is 10.6 Å². The zero-order valence-electron chi connectivity index (χ0n) is 15.3. The molecule has 2 aromatic carbocycles. The second-order valence-corrected chi connectivity index (χ2v) is 5.91. The van der Waals surface area contributed by atoms with Gasteiger partial charge in [-0.05, 0) is 48.0 Å². The fourth-order valence-corrected chi connectivity index (χ4v) is 2.49. The lowest BCUT2D eigenvalue weighted by molar-refractivity contribution is -0.118. The van der Waals surface area contributed by atoms with Crippen LogP contribution in [0.2, 0.25) is 0 Å². The highest BCUT2D eigenvalue weighted by Crippen LogP contribution is 2.12. The molecule has 6 nitrogen and oxygen atoms in total. The van der Waals surface area contributed by atoms with Crippen LogP contribution in [-0.4, -0.2) is 18.9 Å². The van der Waals surface area contributed by atoms with Gasteiger partial charge in [-0.25, -0.2) is 0 Å². The maximum absolute atomic E-state index is 12.7. The van der Waals surface area contributed by atoms with Crippen molar-refractivity contribution in [3.8, 4) is 5.75 Å². The first-order valence-corrected chi connectivity index (χ1v) is 8.68. The summed E-state index contributed by atoms with van der Waals surface area (Å²) in [5.74, 6) is 0.460. The Kier molecular flexibility index (Phi) is 6.25. The molecule has 0 aliphatic carbocycles. The molecular formula is C22H20N2O4. The third-order valence-electron chi connectivity index (χ3n) is 3.96. The molecule has 0 radical (unpaired) electrons. The molecule has 0 saturated carbocycles. The molecule has 3 rings (SSSR count). The first-order valence-electron chi connectivity index (χ1n) is 8.68. The molecule has 0 aliphatic rings. The molecule has 2 N–H and O–H groups in total. The molecule has 1 aromatic heterocycles. The number of methoxy groups -OCH3 is 1. The molecule has 0 saturated heterocycles. The Hall–Kier alpha value is -3.80. The minimum atomic E-state index is -0.415. The average Bonchev–Trinajstić information content (AvgIpc) is 3.26. The lowest BCUT2D eigenvalue weighted by Gasteiger charge is -2.11. The van der Waals surface area contributed by atoms with Crippen LogP contribution in [0.3, 0.4) is 0 Å². The molecule has 3 aromatic rings. The monoisotopic (exact) mass is 376 g/mol. The van der Waals surface area contributed by atoms with Gasteiger partial charge in [0.2, 0.25) is 0 Å². The van der Waals surface area contributed by atoms with E-state index in [1.165, 1.54) is 6.26 Å². The second kappa shape index (κ2) is 9.23. The van der Waals surface area contributed by atoms with Gasteiger partial charge in [-0.1, -0.05) is 30.3 Å². The summed E-state index contributed by atoms with van der Waals surface area (Å²) in [5.41, 5.74) is 1.35. The average molecular weight is 376 g/mol. The van der Waals surface area contributed by atoms with E-state index in [-0.39, 0.29) is 12.2 Å². The number of hydrogen-bond donors (Lipinski definition) is 2. The van der Waals surface area contributed by atoms with Crippen LogP contribution in [0.4, 0.5) is 0 Å².